The van der Waals surface area contributed by atoms with Crippen LogP contribution in [0.5, 0.6) is 0 Å². The Morgan fingerprint density at radius 2 is 2.31 bits per heavy atom. The summed E-state index contributed by atoms with van der Waals surface area (Å²) in [5, 5.41) is 12.2. The lowest BCUT2D eigenvalue weighted by molar-refractivity contribution is 0.229. The molecular formula is C12H19BrN2O. The predicted octanol–water partition coefficient (Wildman–Crippen LogP) is 2.97. The summed E-state index contributed by atoms with van der Waals surface area (Å²) in [6.07, 6.45) is 3.93. The van der Waals surface area contributed by atoms with E-state index < -0.39 is 0 Å². The Morgan fingerprint density at radius 3 is 2.94 bits per heavy atom. The third kappa shape index (κ3) is 4.49. The largest absolute Gasteiger partial charge is 0.396 e. The number of aliphatic hydroxyl groups is 1. The average molecular weight is 287 g/mol. The van der Waals surface area contributed by atoms with Gasteiger partial charge < -0.3 is 10.4 Å². The van der Waals surface area contributed by atoms with Crippen LogP contribution in [0.25, 0.3) is 0 Å². The molecule has 0 spiro atoms. The fourth-order valence-corrected chi connectivity index (χ4v) is 2.02. The van der Waals surface area contributed by atoms with Gasteiger partial charge in [-0.2, -0.15) is 0 Å². The summed E-state index contributed by atoms with van der Waals surface area (Å²) in [5.74, 6) is 1.28. The van der Waals surface area contributed by atoms with Gasteiger partial charge in [-0.15, -0.1) is 0 Å². The number of hydrogen-bond donors (Lipinski definition) is 2. The van der Waals surface area contributed by atoms with Gasteiger partial charge in [-0.25, -0.2) is 4.98 Å². The third-order valence-corrected chi connectivity index (χ3v) is 3.06. The molecule has 0 amide bonds. The number of nitrogens with one attached hydrogen (secondary N) is 1. The van der Waals surface area contributed by atoms with E-state index in [9.17, 15) is 0 Å². The van der Waals surface area contributed by atoms with Crippen LogP contribution in [0.2, 0.25) is 0 Å². The molecule has 1 rings (SSSR count). The number of aryl methyl sites for hydroxylation is 1. The number of aliphatic hydroxyl groups excluding tert-OH is 1. The lowest BCUT2D eigenvalue weighted by Crippen LogP contribution is -2.07. The van der Waals surface area contributed by atoms with E-state index in [-0.39, 0.29) is 6.61 Å². The number of hydrogen-bond acceptors (Lipinski definition) is 3. The van der Waals surface area contributed by atoms with Crippen molar-refractivity contribution < 1.29 is 5.11 Å². The summed E-state index contributed by atoms with van der Waals surface area (Å²) in [5.41, 5.74) is 1.14. The molecule has 0 aliphatic carbocycles. The molecule has 1 atom stereocenters. The Morgan fingerprint density at radius 1 is 1.56 bits per heavy atom. The molecule has 1 aromatic heterocycles. The summed E-state index contributed by atoms with van der Waals surface area (Å²) in [6, 6.07) is 2.05. The zero-order valence-corrected chi connectivity index (χ0v) is 11.4. The van der Waals surface area contributed by atoms with Gasteiger partial charge in [0, 0.05) is 19.3 Å². The van der Waals surface area contributed by atoms with Crippen LogP contribution in [0.15, 0.2) is 16.7 Å². The first-order chi connectivity index (χ1) is 7.63. The minimum atomic E-state index is 0.270. The molecule has 0 aromatic carbocycles. The number of pyridine rings is 1. The SMILES string of the molecule is Cc1cnc(NCCCC(C)CO)c(Br)c1. The van der Waals surface area contributed by atoms with Gasteiger partial charge in [0.05, 0.1) is 4.47 Å². The first kappa shape index (κ1) is 13.5. The van der Waals surface area contributed by atoms with E-state index in [1.807, 2.05) is 19.2 Å². The van der Waals surface area contributed by atoms with Crippen LogP contribution in [0.3, 0.4) is 0 Å². The Balaban J connectivity index is 2.32. The standard InChI is InChI=1S/C12H19BrN2O/c1-9(8-16)4-3-5-14-12-11(13)6-10(2)7-15-12/h6-7,9,16H,3-5,8H2,1-2H3,(H,14,15). The van der Waals surface area contributed by atoms with Crippen molar-refractivity contribution in [2.75, 3.05) is 18.5 Å². The van der Waals surface area contributed by atoms with E-state index in [0.29, 0.717) is 5.92 Å². The molecule has 0 saturated carbocycles. The number of aromatic nitrogens is 1. The second kappa shape index (κ2) is 6.86. The summed E-state index contributed by atoms with van der Waals surface area (Å²) in [4.78, 5) is 4.31. The van der Waals surface area contributed by atoms with Crippen molar-refractivity contribution >= 4 is 21.7 Å². The lowest BCUT2D eigenvalue weighted by Gasteiger charge is -2.10. The maximum absolute atomic E-state index is 8.89. The van der Waals surface area contributed by atoms with Gasteiger partial charge in [-0.1, -0.05) is 6.92 Å². The highest BCUT2D eigenvalue weighted by atomic mass is 79.9. The van der Waals surface area contributed by atoms with Crippen LogP contribution in [0.1, 0.15) is 25.3 Å². The fourth-order valence-electron chi connectivity index (χ4n) is 1.41. The van der Waals surface area contributed by atoms with Crippen LogP contribution >= 0.6 is 15.9 Å². The maximum atomic E-state index is 8.89. The smallest absolute Gasteiger partial charge is 0.140 e. The molecule has 0 aliphatic rings. The Hall–Kier alpha value is -0.610. The Bertz CT molecular complexity index is 331. The first-order valence-electron chi connectivity index (χ1n) is 5.60. The molecule has 1 unspecified atom stereocenters. The summed E-state index contributed by atoms with van der Waals surface area (Å²) in [6.45, 7) is 5.23. The van der Waals surface area contributed by atoms with Crippen molar-refractivity contribution in [1.29, 1.82) is 0 Å². The predicted molar refractivity (Wildman–Crippen MR) is 70.6 cm³/mol. The van der Waals surface area contributed by atoms with Crippen molar-refractivity contribution in [3.05, 3.63) is 22.3 Å². The van der Waals surface area contributed by atoms with Gasteiger partial charge in [-0.05, 0) is 53.2 Å². The van der Waals surface area contributed by atoms with E-state index >= 15 is 0 Å². The zero-order valence-electron chi connectivity index (χ0n) is 9.83. The van der Waals surface area contributed by atoms with Gasteiger partial charge >= 0.3 is 0 Å². The second-order valence-electron chi connectivity index (χ2n) is 4.20. The average Bonchev–Trinajstić information content (AvgIpc) is 2.26. The van der Waals surface area contributed by atoms with E-state index in [2.05, 4.69) is 33.2 Å². The molecular weight excluding hydrogens is 268 g/mol. The number of nitrogens with zero attached hydrogens (tertiary/aromatic N) is 1. The van der Waals surface area contributed by atoms with E-state index in [1.54, 1.807) is 0 Å². The van der Waals surface area contributed by atoms with Crippen LogP contribution in [0.4, 0.5) is 5.82 Å². The van der Waals surface area contributed by atoms with Crippen LogP contribution < -0.4 is 5.32 Å². The van der Waals surface area contributed by atoms with E-state index in [4.69, 9.17) is 5.11 Å². The monoisotopic (exact) mass is 286 g/mol. The molecule has 3 nitrogen and oxygen atoms in total. The maximum Gasteiger partial charge on any atom is 0.140 e. The molecule has 0 aliphatic heterocycles. The van der Waals surface area contributed by atoms with Gasteiger partial charge in [-0.3, -0.25) is 0 Å². The molecule has 2 N–H and O–H groups in total. The van der Waals surface area contributed by atoms with Crippen LogP contribution in [-0.4, -0.2) is 23.2 Å². The Kier molecular flexibility index (Phi) is 5.77. The number of anilines is 1. The molecule has 16 heavy (non-hydrogen) atoms. The van der Waals surface area contributed by atoms with Crippen molar-refractivity contribution in [3.63, 3.8) is 0 Å². The number of rotatable bonds is 6. The van der Waals surface area contributed by atoms with Crippen molar-refractivity contribution in [1.82, 2.24) is 4.98 Å². The van der Waals surface area contributed by atoms with Crippen molar-refractivity contribution in [2.24, 2.45) is 5.92 Å². The zero-order chi connectivity index (χ0) is 12.0. The highest BCUT2D eigenvalue weighted by Gasteiger charge is 2.02. The topological polar surface area (TPSA) is 45.2 Å². The fraction of sp³-hybridized carbons (Fsp3) is 0.583. The summed E-state index contributed by atoms with van der Waals surface area (Å²) in [7, 11) is 0. The van der Waals surface area contributed by atoms with Crippen molar-refractivity contribution in [2.45, 2.75) is 26.7 Å². The van der Waals surface area contributed by atoms with Gasteiger partial charge in [0.25, 0.3) is 0 Å². The molecule has 90 valence electrons. The molecule has 0 radical (unpaired) electrons. The normalized spacial score (nSPS) is 12.5. The lowest BCUT2D eigenvalue weighted by atomic mass is 10.1. The molecule has 1 aromatic rings. The molecule has 1 heterocycles. The summed E-state index contributed by atoms with van der Waals surface area (Å²) >= 11 is 3.48. The first-order valence-corrected chi connectivity index (χ1v) is 6.39. The highest BCUT2D eigenvalue weighted by Crippen LogP contribution is 2.20. The quantitative estimate of drug-likeness (QED) is 0.791. The molecule has 0 saturated heterocycles. The minimum absolute atomic E-state index is 0.270. The molecule has 0 bridgehead atoms. The summed E-state index contributed by atoms with van der Waals surface area (Å²) < 4.78 is 1.00. The second-order valence-corrected chi connectivity index (χ2v) is 5.05. The molecule has 4 heteroatoms. The van der Waals surface area contributed by atoms with Gasteiger partial charge in [0.2, 0.25) is 0 Å². The minimum Gasteiger partial charge on any atom is -0.396 e. The van der Waals surface area contributed by atoms with Crippen LogP contribution in [0, 0.1) is 12.8 Å². The third-order valence-electron chi connectivity index (χ3n) is 2.46. The van der Waals surface area contributed by atoms with Crippen molar-refractivity contribution in [3.8, 4) is 0 Å². The molecule has 0 fully saturated rings. The Labute approximate surface area is 105 Å². The van der Waals surface area contributed by atoms with E-state index in [0.717, 1.165) is 35.2 Å². The van der Waals surface area contributed by atoms with Gasteiger partial charge in [0.1, 0.15) is 5.82 Å². The van der Waals surface area contributed by atoms with Crippen LogP contribution in [-0.2, 0) is 0 Å². The highest BCUT2D eigenvalue weighted by molar-refractivity contribution is 9.10. The van der Waals surface area contributed by atoms with E-state index in [1.165, 1.54) is 0 Å². The van der Waals surface area contributed by atoms with Gasteiger partial charge in [0.15, 0.2) is 0 Å². The number of halogens is 1.